The van der Waals surface area contributed by atoms with Crippen molar-refractivity contribution in [1.82, 2.24) is 9.97 Å². The molecule has 0 aromatic carbocycles. The van der Waals surface area contributed by atoms with Gasteiger partial charge < -0.3 is 5.11 Å². The van der Waals surface area contributed by atoms with Crippen LogP contribution in [0.25, 0.3) is 0 Å². The Kier molecular flexibility index (Phi) is 4.15. The van der Waals surface area contributed by atoms with Crippen molar-refractivity contribution in [2.45, 2.75) is 23.1 Å². The van der Waals surface area contributed by atoms with Crippen LogP contribution in [0.3, 0.4) is 0 Å². The Balaban J connectivity index is 2.18. The first-order valence-electron chi connectivity index (χ1n) is 5.08. The Morgan fingerprint density at radius 3 is 2.71 bits per heavy atom. The molecule has 2 rings (SSSR count). The number of aliphatic hydroxyl groups excluding tert-OH is 1. The molecule has 88 valence electrons. The van der Waals surface area contributed by atoms with Crippen LogP contribution in [0, 0.1) is 0 Å². The molecule has 3 nitrogen and oxygen atoms in total. The van der Waals surface area contributed by atoms with Gasteiger partial charge in [0.25, 0.3) is 0 Å². The molecule has 1 N–H and O–H groups in total. The zero-order chi connectivity index (χ0) is 12.3. The SMILES string of the molecule is C[C@H](O)c1ccnc(Sc2ccc(Br)cn2)c1. The molecule has 0 amide bonds. The zero-order valence-corrected chi connectivity index (χ0v) is 11.6. The minimum absolute atomic E-state index is 0.477. The van der Waals surface area contributed by atoms with E-state index >= 15 is 0 Å². The fraction of sp³-hybridized carbons (Fsp3) is 0.167. The highest BCUT2D eigenvalue weighted by atomic mass is 79.9. The number of hydrogen-bond acceptors (Lipinski definition) is 4. The monoisotopic (exact) mass is 310 g/mol. The summed E-state index contributed by atoms with van der Waals surface area (Å²) in [5.41, 5.74) is 0.861. The zero-order valence-electron chi connectivity index (χ0n) is 9.17. The van der Waals surface area contributed by atoms with Gasteiger partial charge in [-0.3, -0.25) is 0 Å². The molecule has 0 saturated carbocycles. The summed E-state index contributed by atoms with van der Waals surface area (Å²) in [5, 5.41) is 11.2. The molecular formula is C12H11BrN2OS. The predicted molar refractivity (Wildman–Crippen MR) is 70.9 cm³/mol. The number of hydrogen-bond donors (Lipinski definition) is 1. The molecule has 1 atom stereocenters. The van der Waals surface area contributed by atoms with Gasteiger partial charge >= 0.3 is 0 Å². The van der Waals surface area contributed by atoms with Gasteiger partial charge in [0.1, 0.15) is 10.1 Å². The van der Waals surface area contributed by atoms with Crippen LogP contribution in [-0.4, -0.2) is 15.1 Å². The van der Waals surface area contributed by atoms with Crippen LogP contribution in [0.1, 0.15) is 18.6 Å². The summed E-state index contributed by atoms with van der Waals surface area (Å²) >= 11 is 4.81. The lowest BCUT2D eigenvalue weighted by molar-refractivity contribution is 0.199. The average molecular weight is 311 g/mol. The first kappa shape index (κ1) is 12.5. The third-order valence-corrected chi connectivity index (χ3v) is 3.50. The van der Waals surface area contributed by atoms with Gasteiger partial charge in [-0.2, -0.15) is 0 Å². The maximum absolute atomic E-state index is 9.49. The van der Waals surface area contributed by atoms with Gasteiger partial charge in [-0.1, -0.05) is 11.8 Å². The molecule has 17 heavy (non-hydrogen) atoms. The fourth-order valence-corrected chi connectivity index (χ4v) is 2.27. The van der Waals surface area contributed by atoms with Crippen molar-refractivity contribution < 1.29 is 5.11 Å². The van der Waals surface area contributed by atoms with Crippen molar-refractivity contribution in [3.8, 4) is 0 Å². The normalized spacial score (nSPS) is 12.4. The van der Waals surface area contributed by atoms with Crippen molar-refractivity contribution in [3.05, 3.63) is 46.7 Å². The Hall–Kier alpha value is -0.910. The molecule has 0 bridgehead atoms. The second-order valence-corrected chi connectivity index (χ2v) is 5.48. The van der Waals surface area contributed by atoms with Crippen LogP contribution in [0.2, 0.25) is 0 Å². The van der Waals surface area contributed by atoms with Gasteiger partial charge in [0.2, 0.25) is 0 Å². The second kappa shape index (κ2) is 5.62. The predicted octanol–water partition coefficient (Wildman–Crippen LogP) is 3.44. The standard InChI is InChI=1S/C12H11BrN2OS/c1-8(16)9-4-5-14-12(6-9)17-11-3-2-10(13)7-15-11/h2-8,16H,1H3/t8-/m0/s1. The van der Waals surface area contributed by atoms with Gasteiger partial charge in [0, 0.05) is 16.9 Å². The Morgan fingerprint density at radius 2 is 2.06 bits per heavy atom. The molecule has 5 heteroatoms. The average Bonchev–Trinajstić information content (AvgIpc) is 2.32. The topological polar surface area (TPSA) is 46.0 Å². The van der Waals surface area contributed by atoms with Gasteiger partial charge in [-0.05, 0) is 52.7 Å². The molecule has 0 aliphatic carbocycles. The summed E-state index contributed by atoms with van der Waals surface area (Å²) in [7, 11) is 0. The molecule has 0 aliphatic rings. The van der Waals surface area contributed by atoms with Gasteiger partial charge in [-0.15, -0.1) is 0 Å². The third-order valence-electron chi connectivity index (χ3n) is 2.15. The first-order chi connectivity index (χ1) is 8.15. The molecule has 0 spiro atoms. The molecule has 2 aromatic rings. The maximum Gasteiger partial charge on any atom is 0.103 e. The number of halogens is 1. The number of aliphatic hydroxyl groups is 1. The van der Waals surface area contributed by atoms with Crippen LogP contribution < -0.4 is 0 Å². The van der Waals surface area contributed by atoms with E-state index in [1.54, 1.807) is 19.3 Å². The molecule has 2 aromatic heterocycles. The van der Waals surface area contributed by atoms with Crippen LogP contribution in [0.4, 0.5) is 0 Å². The Bertz CT molecular complexity index is 502. The van der Waals surface area contributed by atoms with Gasteiger partial charge in [0.15, 0.2) is 0 Å². The second-order valence-electron chi connectivity index (χ2n) is 3.52. The summed E-state index contributed by atoms with van der Waals surface area (Å²) in [4.78, 5) is 8.50. The van der Waals surface area contributed by atoms with E-state index in [4.69, 9.17) is 0 Å². The first-order valence-corrected chi connectivity index (χ1v) is 6.69. The van der Waals surface area contributed by atoms with Crippen LogP contribution >= 0.6 is 27.7 Å². The van der Waals surface area contributed by atoms with E-state index in [1.165, 1.54) is 11.8 Å². The summed E-state index contributed by atoms with van der Waals surface area (Å²) < 4.78 is 0.951. The summed E-state index contributed by atoms with van der Waals surface area (Å²) in [6, 6.07) is 7.54. The molecule has 0 unspecified atom stereocenters. The summed E-state index contributed by atoms with van der Waals surface area (Å²) in [5.74, 6) is 0. The highest BCUT2D eigenvalue weighted by molar-refractivity contribution is 9.10. The van der Waals surface area contributed by atoms with Gasteiger partial charge in [0.05, 0.1) is 6.10 Å². The van der Waals surface area contributed by atoms with E-state index in [9.17, 15) is 5.11 Å². The van der Waals surface area contributed by atoms with Crippen LogP contribution in [0.5, 0.6) is 0 Å². The minimum Gasteiger partial charge on any atom is -0.389 e. The highest BCUT2D eigenvalue weighted by Gasteiger charge is 2.04. The lowest BCUT2D eigenvalue weighted by atomic mass is 10.2. The highest BCUT2D eigenvalue weighted by Crippen LogP contribution is 2.26. The van der Waals surface area contributed by atoms with Crippen molar-refractivity contribution in [1.29, 1.82) is 0 Å². The molecule has 0 saturated heterocycles. The molecule has 0 fully saturated rings. The Labute approximate surface area is 112 Å². The lowest BCUT2D eigenvalue weighted by Gasteiger charge is -2.06. The molecular weight excluding hydrogens is 300 g/mol. The minimum atomic E-state index is -0.477. The molecule has 2 heterocycles. The Morgan fingerprint density at radius 1 is 1.24 bits per heavy atom. The van der Waals surface area contributed by atoms with E-state index in [-0.39, 0.29) is 0 Å². The summed E-state index contributed by atoms with van der Waals surface area (Å²) in [6.07, 6.45) is 2.97. The molecule has 0 aliphatic heterocycles. The van der Waals surface area contributed by atoms with E-state index in [0.29, 0.717) is 0 Å². The fourth-order valence-electron chi connectivity index (χ4n) is 1.27. The van der Waals surface area contributed by atoms with E-state index < -0.39 is 6.10 Å². The van der Waals surface area contributed by atoms with Crippen molar-refractivity contribution in [2.24, 2.45) is 0 Å². The van der Waals surface area contributed by atoms with Crippen molar-refractivity contribution >= 4 is 27.7 Å². The van der Waals surface area contributed by atoms with E-state index in [1.807, 2.05) is 24.3 Å². The quantitative estimate of drug-likeness (QED) is 0.943. The smallest absolute Gasteiger partial charge is 0.103 e. The number of nitrogens with zero attached hydrogens (tertiary/aromatic N) is 2. The number of rotatable bonds is 3. The maximum atomic E-state index is 9.49. The van der Waals surface area contributed by atoms with Crippen LogP contribution in [-0.2, 0) is 0 Å². The third kappa shape index (κ3) is 3.52. The largest absolute Gasteiger partial charge is 0.389 e. The summed E-state index contributed by atoms with van der Waals surface area (Å²) in [6.45, 7) is 1.74. The van der Waals surface area contributed by atoms with Crippen molar-refractivity contribution in [3.63, 3.8) is 0 Å². The lowest BCUT2D eigenvalue weighted by Crippen LogP contribution is -1.92. The number of aromatic nitrogens is 2. The van der Waals surface area contributed by atoms with E-state index in [2.05, 4.69) is 25.9 Å². The van der Waals surface area contributed by atoms with Crippen molar-refractivity contribution in [2.75, 3.05) is 0 Å². The van der Waals surface area contributed by atoms with Crippen LogP contribution in [0.15, 0.2) is 51.2 Å². The van der Waals surface area contributed by atoms with E-state index in [0.717, 1.165) is 20.1 Å². The van der Waals surface area contributed by atoms with Gasteiger partial charge in [-0.25, -0.2) is 9.97 Å². The molecule has 0 radical (unpaired) electrons. The number of pyridine rings is 2.